The summed E-state index contributed by atoms with van der Waals surface area (Å²) in [7, 11) is 3.96. The van der Waals surface area contributed by atoms with Crippen molar-refractivity contribution in [3.05, 3.63) is 78.7 Å². The zero-order chi connectivity index (χ0) is 27.6. The van der Waals surface area contributed by atoms with Crippen molar-refractivity contribution in [3.8, 4) is 23.0 Å². The van der Waals surface area contributed by atoms with Crippen LogP contribution in [0.3, 0.4) is 0 Å². The average molecular weight is 566 g/mol. The number of halogens is 1. The highest BCUT2D eigenvalue weighted by Gasteiger charge is 2.58. The zero-order valence-electron chi connectivity index (χ0n) is 21.0. The van der Waals surface area contributed by atoms with E-state index in [2.05, 4.69) is 21.4 Å². The third-order valence-corrected chi connectivity index (χ3v) is 7.10. The van der Waals surface area contributed by atoms with E-state index in [1.165, 1.54) is 29.2 Å². The van der Waals surface area contributed by atoms with Gasteiger partial charge in [-0.2, -0.15) is 0 Å². The van der Waals surface area contributed by atoms with E-state index >= 15 is 0 Å². The summed E-state index contributed by atoms with van der Waals surface area (Å²) in [5.41, 5.74) is 0.411. The van der Waals surface area contributed by atoms with Gasteiger partial charge in [-0.15, -0.1) is 0 Å². The minimum Gasteiger partial charge on any atom is -0.493 e. The highest BCUT2D eigenvalue weighted by molar-refractivity contribution is 8.68. The maximum atomic E-state index is 13.7. The number of aromatic nitrogens is 1. The van der Waals surface area contributed by atoms with Gasteiger partial charge in [0.05, 0.1) is 19.7 Å². The van der Waals surface area contributed by atoms with Crippen molar-refractivity contribution in [3.63, 3.8) is 0 Å². The first-order valence-corrected chi connectivity index (χ1v) is 13.8. The first kappa shape index (κ1) is 26.6. The van der Waals surface area contributed by atoms with Gasteiger partial charge in [-0.25, -0.2) is 4.39 Å². The predicted molar refractivity (Wildman–Crippen MR) is 151 cm³/mol. The van der Waals surface area contributed by atoms with E-state index in [1.807, 2.05) is 0 Å². The normalized spacial score (nSPS) is 13.4. The van der Waals surface area contributed by atoms with Crippen molar-refractivity contribution < 1.29 is 28.2 Å². The molecule has 1 aliphatic carbocycles. The quantitative estimate of drug-likeness (QED) is 0.108. The Bertz CT molecular complexity index is 1530. The molecule has 1 saturated carbocycles. The number of hydrogen-bond acceptors (Lipinski definition) is 8. The zero-order valence-corrected chi connectivity index (χ0v) is 22.7. The van der Waals surface area contributed by atoms with E-state index < -0.39 is 23.0 Å². The van der Waals surface area contributed by atoms with Crippen LogP contribution < -0.4 is 23.8 Å². The van der Waals surface area contributed by atoms with Gasteiger partial charge >= 0.3 is 0 Å². The summed E-state index contributed by atoms with van der Waals surface area (Å²) in [6.45, 7) is 0. The Labute approximate surface area is 233 Å². The molecule has 3 aromatic carbocycles. The molecular formula is C28H24FN3O5S2. The molecule has 1 aromatic heterocycles. The van der Waals surface area contributed by atoms with Crippen molar-refractivity contribution in [2.75, 3.05) is 19.1 Å². The van der Waals surface area contributed by atoms with Gasteiger partial charge in [-0.1, -0.05) is 11.7 Å². The van der Waals surface area contributed by atoms with Gasteiger partial charge in [0.2, 0.25) is 11.8 Å². The minimum absolute atomic E-state index is 0.399. The fraction of sp³-hybridized carbons (Fsp3) is 0.179. The van der Waals surface area contributed by atoms with Gasteiger partial charge in [-0.05, 0) is 73.5 Å². The highest BCUT2D eigenvalue weighted by Crippen LogP contribution is 2.50. The number of nitrogens with zero attached hydrogens (tertiary/aromatic N) is 2. The Balaban J connectivity index is 1.47. The van der Waals surface area contributed by atoms with E-state index in [4.69, 9.17) is 14.2 Å². The van der Waals surface area contributed by atoms with E-state index in [-0.39, 0.29) is 0 Å². The molecule has 2 amide bonds. The number of carbonyl (C=O) groups excluding carboxylic acids is 2. The topological polar surface area (TPSA) is 90.0 Å². The number of pyridine rings is 1. The van der Waals surface area contributed by atoms with Gasteiger partial charge in [0.1, 0.15) is 22.7 Å². The molecule has 0 aliphatic heterocycles. The Morgan fingerprint density at radius 1 is 0.949 bits per heavy atom. The molecule has 1 heterocycles. The molecule has 0 bridgehead atoms. The predicted octanol–water partition coefficient (Wildman–Crippen LogP) is 6.24. The third kappa shape index (κ3) is 5.19. The maximum Gasteiger partial charge on any atom is 0.247 e. The van der Waals surface area contributed by atoms with E-state index in [9.17, 15) is 14.0 Å². The SMILES string of the molecule is COc1cc2nccc(Oc3ccc(N(C(=O)C4(C(=O)NSS)CC4)c4ccc(F)cc4)cc3)c2cc1OC. The molecule has 8 nitrogen and oxygen atoms in total. The number of thiol groups is 1. The monoisotopic (exact) mass is 565 g/mol. The lowest BCUT2D eigenvalue weighted by atomic mass is 10.0. The van der Waals surface area contributed by atoms with Crippen LogP contribution in [0, 0.1) is 11.2 Å². The van der Waals surface area contributed by atoms with Crippen LogP contribution in [-0.2, 0) is 9.59 Å². The van der Waals surface area contributed by atoms with Crippen LogP contribution >= 0.6 is 22.6 Å². The van der Waals surface area contributed by atoms with Crippen molar-refractivity contribution in [2.45, 2.75) is 12.8 Å². The Hall–Kier alpha value is -3.96. The number of ether oxygens (including phenoxy) is 3. The van der Waals surface area contributed by atoms with Crippen LogP contribution in [0.2, 0.25) is 0 Å². The number of rotatable bonds is 9. The van der Waals surface area contributed by atoms with Gasteiger partial charge < -0.3 is 14.2 Å². The van der Waals surface area contributed by atoms with Gasteiger partial charge in [-0.3, -0.25) is 24.2 Å². The van der Waals surface area contributed by atoms with Crippen molar-refractivity contribution in [1.82, 2.24) is 9.71 Å². The smallest absolute Gasteiger partial charge is 0.247 e. The van der Waals surface area contributed by atoms with Gasteiger partial charge in [0.15, 0.2) is 11.5 Å². The Kier molecular flexibility index (Phi) is 7.53. The number of methoxy groups -OCH3 is 2. The highest BCUT2D eigenvalue weighted by atomic mass is 33.1. The summed E-state index contributed by atoms with van der Waals surface area (Å²) in [5, 5.41) is 0.728. The first-order chi connectivity index (χ1) is 18.9. The molecule has 0 radical (unpaired) electrons. The van der Waals surface area contributed by atoms with E-state index in [1.54, 1.807) is 62.9 Å². The van der Waals surface area contributed by atoms with E-state index in [0.29, 0.717) is 52.7 Å². The van der Waals surface area contributed by atoms with Crippen molar-refractivity contribution >= 4 is 56.7 Å². The Morgan fingerprint density at radius 3 is 2.15 bits per heavy atom. The van der Waals surface area contributed by atoms with Crippen LogP contribution in [-0.4, -0.2) is 31.0 Å². The molecule has 0 atom stereocenters. The summed E-state index contributed by atoms with van der Waals surface area (Å²) < 4.78 is 33.2. The fourth-order valence-corrected chi connectivity index (χ4v) is 4.84. The first-order valence-electron chi connectivity index (χ1n) is 11.9. The minimum atomic E-state index is -1.20. The molecule has 1 aliphatic rings. The van der Waals surface area contributed by atoms with Gasteiger partial charge in [0.25, 0.3) is 0 Å². The Morgan fingerprint density at radius 2 is 1.56 bits per heavy atom. The summed E-state index contributed by atoms with van der Waals surface area (Å²) in [6.07, 6.45) is 2.46. The lowest BCUT2D eigenvalue weighted by Gasteiger charge is -2.27. The van der Waals surface area contributed by atoms with Crippen molar-refractivity contribution in [1.29, 1.82) is 0 Å². The lowest BCUT2D eigenvalue weighted by molar-refractivity contribution is -0.134. The average Bonchev–Trinajstić information content (AvgIpc) is 3.77. The molecule has 39 heavy (non-hydrogen) atoms. The third-order valence-electron chi connectivity index (χ3n) is 6.55. The number of nitrogens with one attached hydrogen (secondary N) is 1. The summed E-state index contributed by atoms with van der Waals surface area (Å²) in [6, 6.07) is 17.7. The van der Waals surface area contributed by atoms with Crippen LogP contribution in [0.25, 0.3) is 10.9 Å². The molecule has 5 rings (SSSR count). The molecular weight excluding hydrogens is 541 g/mol. The molecule has 1 fully saturated rings. The number of fused-ring (bicyclic) bond motifs is 1. The number of anilines is 2. The molecule has 200 valence electrons. The summed E-state index contributed by atoms with van der Waals surface area (Å²) >= 11 is 3.97. The molecule has 4 aromatic rings. The second-order valence-corrected chi connectivity index (χ2v) is 9.79. The number of carbonyl (C=O) groups is 2. The molecule has 1 N–H and O–H groups in total. The van der Waals surface area contributed by atoms with Crippen LogP contribution in [0.1, 0.15) is 12.8 Å². The molecule has 11 heteroatoms. The number of benzene rings is 3. The van der Waals surface area contributed by atoms with Crippen LogP contribution in [0.5, 0.6) is 23.0 Å². The lowest BCUT2D eigenvalue weighted by Crippen LogP contribution is -2.41. The second-order valence-electron chi connectivity index (χ2n) is 8.85. The van der Waals surface area contributed by atoms with E-state index in [0.717, 1.165) is 16.4 Å². The second kappa shape index (κ2) is 11.0. The molecule has 0 saturated heterocycles. The maximum absolute atomic E-state index is 13.7. The molecule has 0 spiro atoms. The standard InChI is InChI=1S/C28H24FN3O5S2/c1-35-24-15-21-22(16-25(24)36-2)30-14-11-23(21)37-20-9-7-19(8-10-20)32(18-5-3-17(29)4-6-18)27(34)28(12-13-28)26(33)31-39-38/h3-11,14-16,38H,12-13H2,1-2H3,(H,31,33). The molecule has 0 unspecified atom stereocenters. The van der Waals surface area contributed by atoms with Crippen molar-refractivity contribution in [2.24, 2.45) is 5.41 Å². The van der Waals surface area contributed by atoms with Crippen LogP contribution in [0.4, 0.5) is 15.8 Å². The van der Waals surface area contributed by atoms with Crippen LogP contribution in [0.15, 0.2) is 72.9 Å². The van der Waals surface area contributed by atoms with Gasteiger partial charge in [0, 0.05) is 40.0 Å². The summed E-state index contributed by atoms with van der Waals surface area (Å²) in [4.78, 5) is 32.3. The fourth-order valence-electron chi connectivity index (χ4n) is 4.32. The number of hydrogen-bond donors (Lipinski definition) is 2. The summed E-state index contributed by atoms with van der Waals surface area (Å²) in [5.74, 6) is 0.927. The number of amides is 2. The largest absolute Gasteiger partial charge is 0.493 e.